The van der Waals surface area contributed by atoms with Crippen LogP contribution in [0.1, 0.15) is 23.6 Å². The Labute approximate surface area is 180 Å². The van der Waals surface area contributed by atoms with Gasteiger partial charge in [-0.25, -0.2) is 12.8 Å². The van der Waals surface area contributed by atoms with E-state index in [1.54, 1.807) is 6.07 Å². The van der Waals surface area contributed by atoms with Gasteiger partial charge in [0.25, 0.3) is 0 Å². The van der Waals surface area contributed by atoms with Gasteiger partial charge < -0.3 is 4.42 Å². The number of aromatic nitrogens is 2. The molecule has 1 unspecified atom stereocenters. The van der Waals surface area contributed by atoms with Crippen molar-refractivity contribution in [3.05, 3.63) is 57.3 Å². The summed E-state index contributed by atoms with van der Waals surface area (Å²) in [7, 11) is -3.95. The number of anilines is 1. The molecule has 0 spiro atoms. The van der Waals surface area contributed by atoms with Gasteiger partial charge in [0, 0.05) is 11.4 Å². The van der Waals surface area contributed by atoms with Crippen molar-refractivity contribution >= 4 is 44.9 Å². The van der Waals surface area contributed by atoms with Crippen LogP contribution >= 0.6 is 22.9 Å². The molecule has 1 aliphatic rings. The summed E-state index contributed by atoms with van der Waals surface area (Å²) >= 11 is 7.28. The normalized spacial score (nSPS) is 17.3. The molecule has 0 saturated carbocycles. The topological polar surface area (TPSA) is 105 Å². The molecule has 1 amide bonds. The maximum absolute atomic E-state index is 13.1. The first-order chi connectivity index (χ1) is 14.3. The predicted octanol–water partition coefficient (Wildman–Crippen LogP) is 3.31. The molecule has 1 aromatic carbocycles. The summed E-state index contributed by atoms with van der Waals surface area (Å²) < 4.78 is 46.1. The second-order valence-electron chi connectivity index (χ2n) is 6.60. The van der Waals surface area contributed by atoms with E-state index in [2.05, 4.69) is 15.5 Å². The number of nitrogens with one attached hydrogen (secondary N) is 1. The molecule has 1 aliphatic heterocycles. The molecule has 8 nitrogen and oxygen atoms in total. The molecule has 0 bridgehead atoms. The molecule has 2 aromatic heterocycles. The summed E-state index contributed by atoms with van der Waals surface area (Å²) in [6.45, 7) is 0.187. The minimum Gasteiger partial charge on any atom is -0.407 e. The van der Waals surface area contributed by atoms with E-state index in [9.17, 15) is 17.6 Å². The summed E-state index contributed by atoms with van der Waals surface area (Å²) in [4.78, 5) is 13.6. The van der Waals surface area contributed by atoms with E-state index >= 15 is 0 Å². The predicted molar refractivity (Wildman–Crippen MR) is 108 cm³/mol. The van der Waals surface area contributed by atoms with Crippen molar-refractivity contribution in [2.45, 2.75) is 30.2 Å². The summed E-state index contributed by atoms with van der Waals surface area (Å²) in [6.07, 6.45) is 1.24. The maximum Gasteiger partial charge on any atom is 0.322 e. The van der Waals surface area contributed by atoms with E-state index in [0.29, 0.717) is 29.5 Å². The van der Waals surface area contributed by atoms with Crippen LogP contribution in [0.2, 0.25) is 4.34 Å². The van der Waals surface area contributed by atoms with Gasteiger partial charge in [-0.15, -0.1) is 16.4 Å². The molecule has 1 N–H and O–H groups in total. The highest BCUT2D eigenvalue weighted by Crippen LogP contribution is 2.27. The lowest BCUT2D eigenvalue weighted by atomic mass is 10.2. The number of carbonyl (C=O) groups is 1. The SMILES string of the molecule is O=C(Nc1nnc(Cc2ccc(Cl)s2)o1)C1CCCN1S(=O)(=O)c1ccc(F)cc1. The minimum absolute atomic E-state index is 0.0710. The Kier molecular flexibility index (Phi) is 5.87. The molecule has 0 aliphatic carbocycles. The van der Waals surface area contributed by atoms with Crippen molar-refractivity contribution in [2.24, 2.45) is 0 Å². The number of hydrogen-bond donors (Lipinski definition) is 1. The van der Waals surface area contributed by atoms with Gasteiger partial charge in [0.2, 0.25) is 21.8 Å². The van der Waals surface area contributed by atoms with Gasteiger partial charge in [-0.3, -0.25) is 10.1 Å². The van der Waals surface area contributed by atoms with Crippen molar-refractivity contribution in [3.63, 3.8) is 0 Å². The Morgan fingerprint density at radius 3 is 2.73 bits per heavy atom. The van der Waals surface area contributed by atoms with Crippen LogP contribution in [0.5, 0.6) is 0 Å². The van der Waals surface area contributed by atoms with E-state index in [4.69, 9.17) is 16.0 Å². The van der Waals surface area contributed by atoms with Crippen LogP contribution in [0.25, 0.3) is 0 Å². The van der Waals surface area contributed by atoms with Crippen molar-refractivity contribution in [1.29, 1.82) is 0 Å². The molecular formula is C18H16ClFN4O4S2. The molecule has 12 heteroatoms. The fourth-order valence-corrected chi connectivity index (χ4v) is 5.93. The second kappa shape index (κ2) is 8.42. The maximum atomic E-state index is 13.1. The lowest BCUT2D eigenvalue weighted by Crippen LogP contribution is -2.43. The zero-order chi connectivity index (χ0) is 21.3. The summed E-state index contributed by atoms with van der Waals surface area (Å²) in [5.74, 6) is -0.805. The van der Waals surface area contributed by atoms with Gasteiger partial charge >= 0.3 is 6.01 Å². The number of rotatable bonds is 6. The van der Waals surface area contributed by atoms with Crippen molar-refractivity contribution in [3.8, 4) is 0 Å². The molecule has 1 atom stereocenters. The van der Waals surface area contributed by atoms with Crippen LogP contribution in [0.15, 0.2) is 45.7 Å². The Morgan fingerprint density at radius 2 is 2.03 bits per heavy atom. The number of sulfonamides is 1. The van der Waals surface area contributed by atoms with Gasteiger partial charge in [-0.2, -0.15) is 4.31 Å². The van der Waals surface area contributed by atoms with Gasteiger partial charge in [0.1, 0.15) is 11.9 Å². The van der Waals surface area contributed by atoms with Crippen LogP contribution in [0, 0.1) is 5.82 Å². The molecule has 3 aromatic rings. The van der Waals surface area contributed by atoms with Crippen LogP contribution < -0.4 is 5.32 Å². The lowest BCUT2D eigenvalue weighted by Gasteiger charge is -2.22. The zero-order valence-corrected chi connectivity index (χ0v) is 17.8. The average Bonchev–Trinajstić information content (AvgIpc) is 3.44. The van der Waals surface area contributed by atoms with Crippen molar-refractivity contribution in [1.82, 2.24) is 14.5 Å². The van der Waals surface area contributed by atoms with Crippen LogP contribution in [-0.4, -0.2) is 41.4 Å². The van der Waals surface area contributed by atoms with Gasteiger partial charge in [0.05, 0.1) is 15.7 Å². The van der Waals surface area contributed by atoms with Crippen molar-refractivity contribution < 1.29 is 22.0 Å². The quantitative estimate of drug-likeness (QED) is 0.592. The minimum atomic E-state index is -3.95. The molecule has 0 radical (unpaired) electrons. The second-order valence-corrected chi connectivity index (χ2v) is 10.3. The van der Waals surface area contributed by atoms with Gasteiger partial charge in [-0.1, -0.05) is 16.7 Å². The molecule has 158 valence electrons. The number of nitrogens with zero attached hydrogens (tertiary/aromatic N) is 3. The smallest absolute Gasteiger partial charge is 0.322 e. The Balaban J connectivity index is 1.46. The first kappa shape index (κ1) is 20.9. The number of carbonyl (C=O) groups excluding carboxylic acids is 1. The highest BCUT2D eigenvalue weighted by atomic mass is 35.5. The number of hydrogen-bond acceptors (Lipinski definition) is 7. The van der Waals surface area contributed by atoms with Crippen LogP contribution in [-0.2, 0) is 21.2 Å². The number of amides is 1. The highest BCUT2D eigenvalue weighted by Gasteiger charge is 2.39. The first-order valence-electron chi connectivity index (χ1n) is 8.98. The lowest BCUT2D eigenvalue weighted by molar-refractivity contribution is -0.119. The molecule has 4 rings (SSSR count). The van der Waals surface area contributed by atoms with Crippen molar-refractivity contribution in [2.75, 3.05) is 11.9 Å². The Morgan fingerprint density at radius 1 is 1.27 bits per heavy atom. The molecule has 1 saturated heterocycles. The standard InChI is InChI=1S/C18H16ClFN4O4S2/c19-15-8-5-12(29-15)10-16-22-23-18(28-16)21-17(25)14-2-1-9-24(14)30(26,27)13-6-3-11(20)4-7-13/h3-8,14H,1-2,9-10H2,(H,21,23,25). The summed E-state index contributed by atoms with van der Waals surface area (Å²) in [5, 5.41) is 10.2. The van der Waals surface area contributed by atoms with Gasteiger partial charge in [0.15, 0.2) is 0 Å². The van der Waals surface area contributed by atoms with Gasteiger partial charge in [-0.05, 0) is 49.2 Å². The van der Waals surface area contributed by atoms with E-state index in [1.165, 1.54) is 23.5 Å². The van der Waals surface area contributed by atoms with Crippen LogP contribution in [0.4, 0.5) is 10.4 Å². The largest absolute Gasteiger partial charge is 0.407 e. The highest BCUT2D eigenvalue weighted by molar-refractivity contribution is 7.89. The number of halogens is 2. The zero-order valence-electron chi connectivity index (χ0n) is 15.4. The fraction of sp³-hybridized carbons (Fsp3) is 0.278. The molecule has 3 heterocycles. The number of thiophene rings is 1. The third-order valence-corrected chi connectivity index (χ3v) is 7.73. The third kappa shape index (κ3) is 4.38. The molecule has 30 heavy (non-hydrogen) atoms. The summed E-state index contributed by atoms with van der Waals surface area (Å²) in [5.41, 5.74) is 0. The summed E-state index contributed by atoms with van der Waals surface area (Å²) in [6, 6.07) is 7.06. The molecular weight excluding hydrogens is 455 g/mol. The monoisotopic (exact) mass is 470 g/mol. The van der Waals surface area contributed by atoms with E-state index in [-0.39, 0.29) is 17.5 Å². The first-order valence-corrected chi connectivity index (χ1v) is 11.6. The Bertz CT molecular complexity index is 1160. The average molecular weight is 471 g/mol. The van der Waals surface area contributed by atoms with E-state index in [1.807, 2.05) is 6.07 Å². The third-order valence-electron chi connectivity index (χ3n) is 4.58. The van der Waals surface area contributed by atoms with Crippen LogP contribution in [0.3, 0.4) is 0 Å². The Hall–Kier alpha value is -2.34. The van der Waals surface area contributed by atoms with E-state index in [0.717, 1.165) is 21.3 Å². The fourth-order valence-electron chi connectivity index (χ4n) is 3.19. The number of benzene rings is 1. The molecule has 1 fully saturated rings. The van der Waals surface area contributed by atoms with E-state index < -0.39 is 27.8 Å².